The molecule has 11 heteroatoms. The standard InChI is InChI=1S/C13H13N3O7S/c1-2-23-13(20)7-5-11(16(21)22)24-12(7)14-8(17)6-15-9(18)3-4-10(15)19/h5H,2-4,6H2,1H3,(H,14,17). The van der Waals surface area contributed by atoms with Gasteiger partial charge in [0.05, 0.1) is 11.5 Å². The number of anilines is 1. The lowest BCUT2D eigenvalue weighted by Gasteiger charge is -2.13. The Kier molecular flexibility index (Phi) is 5.24. The first-order valence-electron chi connectivity index (χ1n) is 6.91. The number of thiophene rings is 1. The van der Waals surface area contributed by atoms with Crippen LogP contribution >= 0.6 is 11.3 Å². The van der Waals surface area contributed by atoms with Crippen LogP contribution in [0, 0.1) is 10.1 Å². The minimum Gasteiger partial charge on any atom is -0.462 e. The third-order valence-corrected chi connectivity index (χ3v) is 4.11. The Hall–Kier alpha value is -2.82. The average Bonchev–Trinajstić information content (AvgIpc) is 3.06. The minimum atomic E-state index is -0.814. The van der Waals surface area contributed by atoms with E-state index in [1.165, 1.54) is 0 Å². The molecule has 2 heterocycles. The number of esters is 1. The van der Waals surface area contributed by atoms with Gasteiger partial charge in [0, 0.05) is 18.9 Å². The summed E-state index contributed by atoms with van der Waals surface area (Å²) in [6, 6.07) is 1.00. The van der Waals surface area contributed by atoms with E-state index in [0.29, 0.717) is 11.3 Å². The lowest BCUT2D eigenvalue weighted by Crippen LogP contribution is -2.36. The first kappa shape index (κ1) is 17.5. The van der Waals surface area contributed by atoms with Crippen LogP contribution in [0.2, 0.25) is 0 Å². The van der Waals surface area contributed by atoms with Crippen molar-refractivity contribution in [3.8, 4) is 0 Å². The molecule has 1 saturated heterocycles. The van der Waals surface area contributed by atoms with Crippen molar-refractivity contribution in [1.82, 2.24) is 4.90 Å². The smallest absolute Gasteiger partial charge is 0.341 e. The van der Waals surface area contributed by atoms with Crippen LogP contribution in [-0.4, -0.2) is 46.7 Å². The van der Waals surface area contributed by atoms with Gasteiger partial charge >= 0.3 is 11.0 Å². The molecule has 3 amide bonds. The first-order chi connectivity index (χ1) is 11.3. The minimum absolute atomic E-state index is 0.0463. The zero-order valence-electron chi connectivity index (χ0n) is 12.6. The maximum absolute atomic E-state index is 12.0. The lowest BCUT2D eigenvalue weighted by molar-refractivity contribution is -0.380. The van der Waals surface area contributed by atoms with Crippen molar-refractivity contribution >= 4 is 45.0 Å². The quantitative estimate of drug-likeness (QED) is 0.347. The number of imide groups is 1. The van der Waals surface area contributed by atoms with Crippen molar-refractivity contribution < 1.29 is 28.8 Å². The van der Waals surface area contributed by atoms with Gasteiger partial charge < -0.3 is 10.1 Å². The van der Waals surface area contributed by atoms with Gasteiger partial charge in [0.1, 0.15) is 17.1 Å². The van der Waals surface area contributed by atoms with E-state index in [9.17, 15) is 29.3 Å². The Bertz CT molecular complexity index is 711. The summed E-state index contributed by atoms with van der Waals surface area (Å²) in [5.74, 6) is -2.47. The fraction of sp³-hybridized carbons (Fsp3) is 0.385. The fourth-order valence-corrected chi connectivity index (χ4v) is 2.91. The Morgan fingerprint density at radius 1 is 1.38 bits per heavy atom. The average molecular weight is 355 g/mol. The van der Waals surface area contributed by atoms with E-state index >= 15 is 0 Å². The van der Waals surface area contributed by atoms with Crippen molar-refractivity contribution in [3.63, 3.8) is 0 Å². The molecule has 1 aromatic heterocycles. The number of ether oxygens (including phenoxy) is 1. The van der Waals surface area contributed by atoms with Crippen LogP contribution in [0.4, 0.5) is 10.0 Å². The van der Waals surface area contributed by atoms with Crippen molar-refractivity contribution in [1.29, 1.82) is 0 Å². The summed E-state index contributed by atoms with van der Waals surface area (Å²) in [6.45, 7) is 1.12. The number of amides is 3. The molecule has 0 unspecified atom stereocenters. The molecule has 0 aliphatic carbocycles. The third kappa shape index (κ3) is 3.74. The summed E-state index contributed by atoms with van der Waals surface area (Å²) in [4.78, 5) is 57.8. The summed E-state index contributed by atoms with van der Waals surface area (Å²) in [5.41, 5.74) is -0.152. The van der Waals surface area contributed by atoms with E-state index in [1.54, 1.807) is 6.92 Å². The molecule has 10 nitrogen and oxygen atoms in total. The molecule has 1 aliphatic heterocycles. The van der Waals surface area contributed by atoms with E-state index in [0.717, 1.165) is 11.0 Å². The summed E-state index contributed by atoms with van der Waals surface area (Å²) in [5, 5.41) is 12.8. The number of hydrogen-bond acceptors (Lipinski definition) is 8. The lowest BCUT2D eigenvalue weighted by atomic mass is 10.3. The predicted molar refractivity (Wildman–Crippen MR) is 81.5 cm³/mol. The van der Waals surface area contributed by atoms with E-state index in [2.05, 4.69) is 5.32 Å². The molecule has 0 aromatic carbocycles. The second-order valence-corrected chi connectivity index (χ2v) is 5.76. The number of carbonyl (C=O) groups is 4. The highest BCUT2D eigenvalue weighted by Crippen LogP contribution is 2.34. The third-order valence-electron chi connectivity index (χ3n) is 3.10. The van der Waals surface area contributed by atoms with Gasteiger partial charge in [0.2, 0.25) is 17.7 Å². The molecular weight excluding hydrogens is 342 g/mol. The van der Waals surface area contributed by atoms with Crippen LogP contribution in [0.1, 0.15) is 30.1 Å². The summed E-state index contributed by atoms with van der Waals surface area (Å²) < 4.78 is 4.79. The highest BCUT2D eigenvalue weighted by atomic mass is 32.1. The maximum Gasteiger partial charge on any atom is 0.341 e. The molecule has 1 N–H and O–H groups in total. The van der Waals surface area contributed by atoms with Gasteiger partial charge in [0.15, 0.2) is 0 Å². The highest BCUT2D eigenvalue weighted by molar-refractivity contribution is 7.19. The van der Waals surface area contributed by atoms with E-state index in [-0.39, 0.29) is 35.0 Å². The van der Waals surface area contributed by atoms with Gasteiger partial charge in [-0.25, -0.2) is 4.79 Å². The van der Waals surface area contributed by atoms with Crippen LogP contribution in [0.3, 0.4) is 0 Å². The molecule has 0 atom stereocenters. The molecule has 24 heavy (non-hydrogen) atoms. The molecule has 1 aromatic rings. The normalized spacial score (nSPS) is 14.0. The first-order valence-corrected chi connectivity index (χ1v) is 7.73. The number of nitro groups is 1. The van der Waals surface area contributed by atoms with Gasteiger partial charge in [-0.05, 0) is 18.3 Å². The number of nitrogens with one attached hydrogen (secondary N) is 1. The number of carbonyl (C=O) groups excluding carboxylic acids is 4. The molecule has 0 radical (unpaired) electrons. The van der Waals surface area contributed by atoms with Crippen molar-refractivity contribution in [2.45, 2.75) is 19.8 Å². The van der Waals surface area contributed by atoms with Crippen LogP contribution in [0.15, 0.2) is 6.07 Å². The van der Waals surface area contributed by atoms with Gasteiger partial charge in [-0.15, -0.1) is 0 Å². The molecule has 1 fully saturated rings. The SMILES string of the molecule is CCOC(=O)c1cc([N+](=O)[O-])sc1NC(=O)CN1C(=O)CCC1=O. The fourth-order valence-electron chi connectivity index (χ4n) is 2.03. The maximum atomic E-state index is 12.0. The largest absolute Gasteiger partial charge is 0.462 e. The van der Waals surface area contributed by atoms with Crippen molar-refractivity contribution in [3.05, 3.63) is 21.7 Å². The molecule has 128 valence electrons. The molecule has 0 saturated carbocycles. The second-order valence-electron chi connectivity index (χ2n) is 4.73. The second kappa shape index (κ2) is 7.17. The zero-order valence-corrected chi connectivity index (χ0v) is 13.4. The molecule has 0 bridgehead atoms. The Labute approximate surface area is 139 Å². The van der Waals surface area contributed by atoms with Gasteiger partial charge in [-0.2, -0.15) is 0 Å². The molecule has 1 aliphatic rings. The number of nitrogens with zero attached hydrogens (tertiary/aromatic N) is 2. The number of hydrogen-bond donors (Lipinski definition) is 1. The van der Waals surface area contributed by atoms with Gasteiger partial charge in [-0.3, -0.25) is 29.4 Å². The zero-order chi connectivity index (χ0) is 17.9. The summed E-state index contributed by atoms with van der Waals surface area (Å²) in [6.07, 6.45) is 0.0926. The Balaban J connectivity index is 2.16. The van der Waals surface area contributed by atoms with Crippen molar-refractivity contribution in [2.75, 3.05) is 18.5 Å². The number of likely N-dealkylation sites (tertiary alicyclic amines) is 1. The summed E-state index contributed by atoms with van der Waals surface area (Å²) in [7, 11) is 0. The van der Waals surface area contributed by atoms with Gasteiger partial charge in [-0.1, -0.05) is 0 Å². The molecular formula is C13H13N3O7S. The van der Waals surface area contributed by atoms with Crippen LogP contribution in [0.5, 0.6) is 0 Å². The van der Waals surface area contributed by atoms with Crippen LogP contribution in [0.25, 0.3) is 0 Å². The van der Waals surface area contributed by atoms with Gasteiger partial charge in [0.25, 0.3) is 0 Å². The Morgan fingerprint density at radius 2 is 2.00 bits per heavy atom. The van der Waals surface area contributed by atoms with Crippen LogP contribution in [-0.2, 0) is 19.1 Å². The number of rotatable bonds is 6. The van der Waals surface area contributed by atoms with Crippen LogP contribution < -0.4 is 5.32 Å². The topological polar surface area (TPSA) is 136 Å². The molecule has 0 spiro atoms. The molecule has 2 rings (SSSR count). The van der Waals surface area contributed by atoms with E-state index < -0.39 is 35.2 Å². The van der Waals surface area contributed by atoms with E-state index in [4.69, 9.17) is 4.74 Å². The Morgan fingerprint density at radius 3 is 2.54 bits per heavy atom. The highest BCUT2D eigenvalue weighted by Gasteiger charge is 2.31. The summed E-state index contributed by atoms with van der Waals surface area (Å²) >= 11 is 0.589. The monoisotopic (exact) mass is 355 g/mol. The van der Waals surface area contributed by atoms with Crippen molar-refractivity contribution in [2.24, 2.45) is 0 Å². The van der Waals surface area contributed by atoms with E-state index in [1.807, 2.05) is 0 Å². The predicted octanol–water partition coefficient (Wildman–Crippen LogP) is 0.920.